The number of benzene rings is 2. The minimum absolute atomic E-state index is 0.306. The molecule has 0 spiro atoms. The van der Waals surface area contributed by atoms with Crippen molar-refractivity contribution in [1.29, 1.82) is 0 Å². The Morgan fingerprint density at radius 1 is 1.16 bits per heavy atom. The van der Waals surface area contributed by atoms with Crippen LogP contribution >= 0.6 is 0 Å². The highest BCUT2D eigenvalue weighted by Crippen LogP contribution is 2.43. The maximum Gasteiger partial charge on any atom is 0.123 e. The second-order valence-corrected chi connectivity index (χ2v) is 5.32. The van der Waals surface area contributed by atoms with E-state index >= 15 is 0 Å². The lowest BCUT2D eigenvalue weighted by molar-refractivity contribution is 0.303. The first-order chi connectivity index (χ1) is 9.24. The zero-order valence-electron chi connectivity index (χ0n) is 11.2. The molecule has 0 heterocycles. The van der Waals surface area contributed by atoms with E-state index in [0.717, 1.165) is 12.2 Å². The number of hydrogen-bond donors (Lipinski definition) is 1. The summed E-state index contributed by atoms with van der Waals surface area (Å²) in [7, 11) is 0. The average Bonchev–Trinajstić information content (AvgIpc) is 3.15. The van der Waals surface area contributed by atoms with E-state index in [-0.39, 0.29) is 0 Å². The molecule has 0 aliphatic heterocycles. The van der Waals surface area contributed by atoms with E-state index in [1.807, 2.05) is 18.2 Å². The van der Waals surface area contributed by atoms with Gasteiger partial charge in [0.05, 0.1) is 0 Å². The van der Waals surface area contributed by atoms with Gasteiger partial charge in [-0.1, -0.05) is 48.0 Å². The molecule has 2 unspecified atom stereocenters. The molecule has 1 aliphatic carbocycles. The monoisotopic (exact) mass is 253 g/mol. The molecule has 3 rings (SSSR count). The molecule has 1 saturated carbocycles. The van der Waals surface area contributed by atoms with Gasteiger partial charge in [-0.3, -0.25) is 0 Å². The fourth-order valence-corrected chi connectivity index (χ4v) is 2.40. The average molecular weight is 253 g/mol. The van der Waals surface area contributed by atoms with E-state index in [1.54, 1.807) is 0 Å². The Labute approximate surface area is 114 Å². The molecule has 1 aliphatic rings. The van der Waals surface area contributed by atoms with Crippen LogP contribution in [0.4, 0.5) is 0 Å². The Morgan fingerprint density at radius 2 is 1.89 bits per heavy atom. The molecule has 1 fully saturated rings. The smallest absolute Gasteiger partial charge is 0.123 e. The molecule has 2 aromatic carbocycles. The van der Waals surface area contributed by atoms with Crippen molar-refractivity contribution in [3.05, 3.63) is 65.2 Å². The molecular weight excluding hydrogens is 234 g/mol. The zero-order chi connectivity index (χ0) is 13.2. The zero-order valence-corrected chi connectivity index (χ0v) is 11.2. The summed E-state index contributed by atoms with van der Waals surface area (Å²) >= 11 is 0. The van der Waals surface area contributed by atoms with Crippen molar-refractivity contribution in [3.8, 4) is 5.75 Å². The van der Waals surface area contributed by atoms with Crippen LogP contribution in [0.25, 0.3) is 0 Å². The Kier molecular flexibility index (Phi) is 3.26. The summed E-state index contributed by atoms with van der Waals surface area (Å²) < 4.78 is 5.97. The largest absolute Gasteiger partial charge is 0.489 e. The molecule has 0 aromatic heterocycles. The molecule has 2 heteroatoms. The lowest BCUT2D eigenvalue weighted by Crippen LogP contribution is -2.04. The molecule has 2 aromatic rings. The predicted octanol–water partition coefficient (Wildman–Crippen LogP) is 3.39. The summed E-state index contributed by atoms with van der Waals surface area (Å²) in [6.45, 7) is 2.72. The standard InChI is InChI=1S/C17H19NO/c1-12-7-8-17(15(9-12)14-10-16(14)18)19-11-13-5-3-2-4-6-13/h2-9,14,16H,10-11,18H2,1H3. The number of rotatable bonds is 4. The van der Waals surface area contributed by atoms with Crippen LogP contribution in [0.5, 0.6) is 5.75 Å². The van der Waals surface area contributed by atoms with Gasteiger partial charge in [0.15, 0.2) is 0 Å². The molecule has 98 valence electrons. The van der Waals surface area contributed by atoms with Gasteiger partial charge < -0.3 is 10.5 Å². The van der Waals surface area contributed by atoms with Gasteiger partial charge in [0.1, 0.15) is 12.4 Å². The number of aryl methyl sites for hydroxylation is 1. The first kappa shape index (κ1) is 12.2. The van der Waals surface area contributed by atoms with Crippen molar-refractivity contribution < 1.29 is 4.74 Å². The molecule has 0 bridgehead atoms. The summed E-state index contributed by atoms with van der Waals surface area (Å²) in [4.78, 5) is 0. The quantitative estimate of drug-likeness (QED) is 0.906. The van der Waals surface area contributed by atoms with Crippen molar-refractivity contribution in [2.45, 2.75) is 31.9 Å². The van der Waals surface area contributed by atoms with Crippen LogP contribution in [0.15, 0.2) is 48.5 Å². The van der Waals surface area contributed by atoms with Gasteiger partial charge in [0.25, 0.3) is 0 Å². The molecular formula is C17H19NO. The van der Waals surface area contributed by atoms with Gasteiger partial charge in [0, 0.05) is 12.0 Å². The summed E-state index contributed by atoms with van der Waals surface area (Å²) in [6.07, 6.45) is 1.07. The lowest BCUT2D eigenvalue weighted by atomic mass is 10.1. The van der Waals surface area contributed by atoms with Crippen molar-refractivity contribution >= 4 is 0 Å². The van der Waals surface area contributed by atoms with Gasteiger partial charge >= 0.3 is 0 Å². The highest BCUT2D eigenvalue weighted by Gasteiger charge is 2.36. The van der Waals surface area contributed by atoms with Crippen molar-refractivity contribution in [2.75, 3.05) is 0 Å². The van der Waals surface area contributed by atoms with Gasteiger partial charge in [0.2, 0.25) is 0 Å². The molecule has 2 nitrogen and oxygen atoms in total. The third kappa shape index (κ3) is 2.79. The molecule has 2 atom stereocenters. The Bertz CT molecular complexity index is 565. The minimum atomic E-state index is 0.306. The summed E-state index contributed by atoms with van der Waals surface area (Å²) in [6, 6.07) is 16.9. The van der Waals surface area contributed by atoms with Gasteiger partial charge in [-0.05, 0) is 30.5 Å². The maximum absolute atomic E-state index is 5.97. The Hall–Kier alpha value is -1.80. The minimum Gasteiger partial charge on any atom is -0.489 e. The summed E-state index contributed by atoms with van der Waals surface area (Å²) in [5.41, 5.74) is 9.69. The normalized spacial score (nSPS) is 21.2. The van der Waals surface area contributed by atoms with Crippen molar-refractivity contribution in [1.82, 2.24) is 0 Å². The Balaban J connectivity index is 1.77. The molecule has 0 saturated heterocycles. The van der Waals surface area contributed by atoms with Crippen LogP contribution in [0.3, 0.4) is 0 Å². The first-order valence-electron chi connectivity index (χ1n) is 6.77. The molecule has 0 radical (unpaired) electrons. The summed E-state index contributed by atoms with van der Waals surface area (Å²) in [5, 5.41) is 0. The fraction of sp³-hybridized carbons (Fsp3) is 0.294. The van der Waals surface area contributed by atoms with Crippen molar-refractivity contribution in [2.24, 2.45) is 5.73 Å². The SMILES string of the molecule is Cc1ccc(OCc2ccccc2)c(C2CC2N)c1. The highest BCUT2D eigenvalue weighted by molar-refractivity contribution is 5.43. The molecule has 0 amide bonds. The summed E-state index contributed by atoms with van der Waals surface area (Å²) in [5.74, 6) is 1.46. The van der Waals surface area contributed by atoms with Crippen LogP contribution in [-0.2, 0) is 6.61 Å². The van der Waals surface area contributed by atoms with E-state index in [4.69, 9.17) is 10.5 Å². The number of ether oxygens (including phenoxy) is 1. The first-order valence-corrected chi connectivity index (χ1v) is 6.77. The third-order valence-electron chi connectivity index (χ3n) is 3.64. The van der Waals surface area contributed by atoms with Gasteiger partial charge in [-0.15, -0.1) is 0 Å². The highest BCUT2D eigenvalue weighted by atomic mass is 16.5. The fourth-order valence-electron chi connectivity index (χ4n) is 2.40. The number of hydrogen-bond acceptors (Lipinski definition) is 2. The van der Waals surface area contributed by atoms with Gasteiger partial charge in [-0.2, -0.15) is 0 Å². The van der Waals surface area contributed by atoms with E-state index < -0.39 is 0 Å². The maximum atomic E-state index is 5.97. The van der Waals surface area contributed by atoms with E-state index in [9.17, 15) is 0 Å². The van der Waals surface area contributed by atoms with Gasteiger partial charge in [-0.25, -0.2) is 0 Å². The van der Waals surface area contributed by atoms with Crippen LogP contribution in [0.1, 0.15) is 29.0 Å². The van der Waals surface area contributed by atoms with Crippen LogP contribution in [0.2, 0.25) is 0 Å². The Morgan fingerprint density at radius 3 is 2.58 bits per heavy atom. The number of nitrogens with two attached hydrogens (primary N) is 1. The lowest BCUT2D eigenvalue weighted by Gasteiger charge is -2.12. The van der Waals surface area contributed by atoms with E-state index in [0.29, 0.717) is 18.6 Å². The second-order valence-electron chi connectivity index (χ2n) is 5.32. The van der Waals surface area contributed by atoms with E-state index in [1.165, 1.54) is 16.7 Å². The second kappa shape index (κ2) is 5.06. The third-order valence-corrected chi connectivity index (χ3v) is 3.64. The van der Waals surface area contributed by atoms with E-state index in [2.05, 4.69) is 37.3 Å². The predicted molar refractivity (Wildman–Crippen MR) is 77.3 cm³/mol. The van der Waals surface area contributed by atoms with Crippen LogP contribution < -0.4 is 10.5 Å². The molecule has 2 N–H and O–H groups in total. The van der Waals surface area contributed by atoms with Crippen molar-refractivity contribution in [3.63, 3.8) is 0 Å². The molecule has 19 heavy (non-hydrogen) atoms. The van der Waals surface area contributed by atoms with Crippen LogP contribution in [-0.4, -0.2) is 6.04 Å². The van der Waals surface area contributed by atoms with Crippen LogP contribution in [0, 0.1) is 6.92 Å². The topological polar surface area (TPSA) is 35.2 Å².